The van der Waals surface area contributed by atoms with Crippen molar-refractivity contribution in [3.8, 4) is 0 Å². The molecule has 0 saturated carbocycles. The summed E-state index contributed by atoms with van der Waals surface area (Å²) in [6, 6.07) is 5.62. The fourth-order valence-electron chi connectivity index (χ4n) is 1.76. The molecule has 0 radical (unpaired) electrons. The van der Waals surface area contributed by atoms with E-state index < -0.39 is 0 Å². The van der Waals surface area contributed by atoms with Gasteiger partial charge in [0.2, 0.25) is 5.91 Å². The summed E-state index contributed by atoms with van der Waals surface area (Å²) < 4.78 is 0. The van der Waals surface area contributed by atoms with E-state index in [0.29, 0.717) is 16.8 Å². The SMILES string of the molecule is CC1CN(C(=O)CN)c2cc(Cl)ccc2S1. The molecule has 1 aliphatic rings. The highest BCUT2D eigenvalue weighted by Gasteiger charge is 2.26. The van der Waals surface area contributed by atoms with Gasteiger partial charge in [0.1, 0.15) is 0 Å². The number of hydrogen-bond donors (Lipinski definition) is 1. The summed E-state index contributed by atoms with van der Waals surface area (Å²) >= 11 is 7.71. The molecule has 0 aliphatic carbocycles. The molecule has 86 valence electrons. The number of nitrogens with two attached hydrogens (primary N) is 1. The summed E-state index contributed by atoms with van der Waals surface area (Å²) in [6.07, 6.45) is 0. The number of nitrogens with zero attached hydrogens (tertiary/aromatic N) is 1. The van der Waals surface area contributed by atoms with Crippen LogP contribution < -0.4 is 10.6 Å². The number of halogens is 1. The maximum Gasteiger partial charge on any atom is 0.240 e. The van der Waals surface area contributed by atoms with Crippen LogP contribution in [0, 0.1) is 0 Å². The van der Waals surface area contributed by atoms with E-state index in [4.69, 9.17) is 17.3 Å². The van der Waals surface area contributed by atoms with Crippen molar-refractivity contribution in [3.05, 3.63) is 23.2 Å². The Kier molecular flexibility index (Phi) is 3.42. The van der Waals surface area contributed by atoms with Crippen molar-refractivity contribution in [2.24, 2.45) is 5.73 Å². The zero-order valence-electron chi connectivity index (χ0n) is 8.94. The summed E-state index contributed by atoms with van der Waals surface area (Å²) in [7, 11) is 0. The normalized spacial score (nSPS) is 19.4. The van der Waals surface area contributed by atoms with Crippen molar-refractivity contribution >= 4 is 35.0 Å². The van der Waals surface area contributed by atoms with Gasteiger partial charge < -0.3 is 10.6 Å². The van der Waals surface area contributed by atoms with Crippen molar-refractivity contribution in [3.63, 3.8) is 0 Å². The lowest BCUT2D eigenvalue weighted by Crippen LogP contribution is -2.41. The Labute approximate surface area is 104 Å². The van der Waals surface area contributed by atoms with Gasteiger partial charge in [0.05, 0.1) is 12.2 Å². The average Bonchev–Trinajstić information content (AvgIpc) is 2.27. The van der Waals surface area contributed by atoms with E-state index in [1.807, 2.05) is 18.2 Å². The monoisotopic (exact) mass is 256 g/mol. The molecule has 0 spiro atoms. The van der Waals surface area contributed by atoms with Crippen LogP contribution in [0.3, 0.4) is 0 Å². The Bertz CT molecular complexity index is 424. The van der Waals surface area contributed by atoms with Crippen LogP contribution in [0.5, 0.6) is 0 Å². The minimum Gasteiger partial charge on any atom is -0.322 e. The third kappa shape index (κ3) is 2.19. The first-order valence-corrected chi connectivity index (χ1v) is 6.34. The standard InChI is InChI=1S/C11H13ClN2OS/c1-7-6-14(11(15)5-13)9-4-8(12)2-3-10(9)16-7/h2-4,7H,5-6,13H2,1H3. The maximum atomic E-state index is 11.7. The van der Waals surface area contributed by atoms with Crippen LogP contribution in [0.1, 0.15) is 6.92 Å². The number of rotatable bonds is 1. The lowest BCUT2D eigenvalue weighted by molar-refractivity contribution is -0.117. The third-order valence-electron chi connectivity index (χ3n) is 2.46. The smallest absolute Gasteiger partial charge is 0.240 e. The zero-order chi connectivity index (χ0) is 11.7. The molecule has 5 heteroatoms. The Morgan fingerprint density at radius 3 is 3.12 bits per heavy atom. The molecule has 2 N–H and O–H groups in total. The van der Waals surface area contributed by atoms with Gasteiger partial charge in [-0.25, -0.2) is 0 Å². The molecule has 0 fully saturated rings. The molecule has 1 unspecified atom stereocenters. The fraction of sp³-hybridized carbons (Fsp3) is 0.364. The summed E-state index contributed by atoms with van der Waals surface area (Å²) in [5.41, 5.74) is 6.29. The first-order valence-electron chi connectivity index (χ1n) is 5.08. The molecule has 1 aromatic rings. The Hall–Kier alpha value is -0.710. The van der Waals surface area contributed by atoms with Gasteiger partial charge in [-0.15, -0.1) is 11.8 Å². The van der Waals surface area contributed by atoms with Gasteiger partial charge >= 0.3 is 0 Å². The van der Waals surface area contributed by atoms with Crippen LogP contribution in [0.15, 0.2) is 23.1 Å². The van der Waals surface area contributed by atoms with E-state index in [1.54, 1.807) is 16.7 Å². The van der Waals surface area contributed by atoms with E-state index in [1.165, 1.54) is 0 Å². The number of anilines is 1. The number of hydrogen-bond acceptors (Lipinski definition) is 3. The van der Waals surface area contributed by atoms with E-state index in [2.05, 4.69) is 6.92 Å². The second kappa shape index (κ2) is 4.65. The Morgan fingerprint density at radius 2 is 2.44 bits per heavy atom. The highest BCUT2D eigenvalue weighted by atomic mass is 35.5. The topological polar surface area (TPSA) is 46.3 Å². The van der Waals surface area contributed by atoms with Crippen molar-refractivity contribution in [2.45, 2.75) is 17.1 Å². The maximum absolute atomic E-state index is 11.7. The number of carbonyl (C=O) groups is 1. The quantitative estimate of drug-likeness (QED) is 0.837. The van der Waals surface area contributed by atoms with Crippen molar-refractivity contribution < 1.29 is 4.79 Å². The third-order valence-corrected chi connectivity index (χ3v) is 3.84. The van der Waals surface area contributed by atoms with Gasteiger partial charge in [-0.1, -0.05) is 18.5 Å². The van der Waals surface area contributed by atoms with E-state index in [-0.39, 0.29) is 12.5 Å². The van der Waals surface area contributed by atoms with Crippen LogP contribution in [0.25, 0.3) is 0 Å². The molecule has 2 rings (SSSR count). The lowest BCUT2D eigenvalue weighted by Gasteiger charge is -2.32. The van der Waals surface area contributed by atoms with Crippen LogP contribution in [0.2, 0.25) is 5.02 Å². The van der Waals surface area contributed by atoms with Crippen LogP contribution in [-0.4, -0.2) is 24.2 Å². The lowest BCUT2D eigenvalue weighted by atomic mass is 10.2. The molecule has 1 aromatic carbocycles. The van der Waals surface area contributed by atoms with Crippen LogP contribution in [-0.2, 0) is 4.79 Å². The van der Waals surface area contributed by atoms with Crippen LogP contribution in [0.4, 0.5) is 5.69 Å². The molecular formula is C11H13ClN2OS. The summed E-state index contributed by atoms with van der Waals surface area (Å²) in [5.74, 6) is -0.0596. The first kappa shape index (κ1) is 11.8. The van der Waals surface area contributed by atoms with Gasteiger partial charge in [-0.3, -0.25) is 4.79 Å². The fourth-order valence-corrected chi connectivity index (χ4v) is 3.02. The molecule has 1 aliphatic heterocycles. The first-order chi connectivity index (χ1) is 7.61. The molecule has 0 bridgehead atoms. The molecule has 1 atom stereocenters. The van der Waals surface area contributed by atoms with E-state index >= 15 is 0 Å². The molecule has 16 heavy (non-hydrogen) atoms. The van der Waals surface area contributed by atoms with Gasteiger partial charge in [0.15, 0.2) is 0 Å². The molecule has 1 amide bonds. The second-order valence-corrected chi connectivity index (χ2v) is 5.67. The number of amides is 1. The Balaban J connectivity index is 2.43. The van der Waals surface area contributed by atoms with E-state index in [9.17, 15) is 4.79 Å². The summed E-state index contributed by atoms with van der Waals surface area (Å²) in [5, 5.41) is 1.02. The largest absolute Gasteiger partial charge is 0.322 e. The number of benzene rings is 1. The highest BCUT2D eigenvalue weighted by molar-refractivity contribution is 8.00. The molecular weight excluding hydrogens is 244 g/mol. The molecule has 3 nitrogen and oxygen atoms in total. The minimum atomic E-state index is -0.0596. The number of thioether (sulfide) groups is 1. The zero-order valence-corrected chi connectivity index (χ0v) is 10.5. The molecule has 0 saturated heterocycles. The van der Waals surface area contributed by atoms with Crippen molar-refractivity contribution in [1.29, 1.82) is 0 Å². The molecule has 0 aromatic heterocycles. The second-order valence-electron chi connectivity index (χ2n) is 3.75. The minimum absolute atomic E-state index is 0.0311. The van der Waals surface area contributed by atoms with Crippen molar-refractivity contribution in [2.75, 3.05) is 18.0 Å². The number of carbonyl (C=O) groups excluding carboxylic acids is 1. The van der Waals surface area contributed by atoms with Crippen molar-refractivity contribution in [1.82, 2.24) is 0 Å². The van der Waals surface area contributed by atoms with Gasteiger partial charge in [-0.05, 0) is 18.2 Å². The summed E-state index contributed by atoms with van der Waals surface area (Å²) in [6.45, 7) is 2.82. The van der Waals surface area contributed by atoms with Gasteiger partial charge in [-0.2, -0.15) is 0 Å². The average molecular weight is 257 g/mol. The summed E-state index contributed by atoms with van der Waals surface area (Å²) in [4.78, 5) is 14.5. The number of fused-ring (bicyclic) bond motifs is 1. The predicted molar refractivity (Wildman–Crippen MR) is 68.2 cm³/mol. The highest BCUT2D eigenvalue weighted by Crippen LogP contribution is 2.39. The van der Waals surface area contributed by atoms with E-state index in [0.717, 1.165) is 10.6 Å². The van der Waals surface area contributed by atoms with Crippen LogP contribution >= 0.6 is 23.4 Å². The molecule has 1 heterocycles. The Morgan fingerprint density at radius 1 is 1.69 bits per heavy atom. The van der Waals surface area contributed by atoms with Gasteiger partial charge in [0, 0.05) is 21.7 Å². The predicted octanol–water partition coefficient (Wildman–Crippen LogP) is 2.13. The van der Waals surface area contributed by atoms with Gasteiger partial charge in [0.25, 0.3) is 0 Å².